The predicted molar refractivity (Wildman–Crippen MR) is 111 cm³/mol. The zero-order valence-electron chi connectivity index (χ0n) is 17.9. The normalized spacial score (nSPS) is 17.6. The van der Waals surface area contributed by atoms with Crippen LogP contribution in [0.4, 0.5) is 0 Å². The first-order chi connectivity index (χ1) is 13.4. The number of amides is 2. The largest absolute Gasteiger partial charge is 0.364 e. The van der Waals surface area contributed by atoms with Gasteiger partial charge in [-0.15, -0.1) is 0 Å². The predicted octanol–water partition coefficient (Wildman–Crippen LogP) is 0.227. The second kappa shape index (κ2) is 9.27. The van der Waals surface area contributed by atoms with Crippen molar-refractivity contribution >= 4 is 21.8 Å². The maximum atomic E-state index is 12.9. The molecule has 1 fully saturated rings. The number of aryl methyl sites for hydroxylation is 1. The van der Waals surface area contributed by atoms with Gasteiger partial charge in [0.15, 0.2) is 0 Å². The highest BCUT2D eigenvalue weighted by Gasteiger charge is 2.33. The monoisotopic (exact) mass is 427 g/mol. The number of likely N-dealkylation sites (N-methyl/N-ethyl adjacent to an activating group) is 1. The van der Waals surface area contributed by atoms with Gasteiger partial charge in [0.2, 0.25) is 15.9 Å². The molecule has 0 unspecified atom stereocenters. The Labute approximate surface area is 173 Å². The van der Waals surface area contributed by atoms with Crippen molar-refractivity contribution in [3.05, 3.63) is 18.0 Å². The molecule has 2 amide bonds. The summed E-state index contributed by atoms with van der Waals surface area (Å²) in [7, 11) is 1.84. The number of hydrogen-bond donors (Lipinski definition) is 2. The quantitative estimate of drug-likeness (QED) is 0.616. The van der Waals surface area contributed by atoms with Crippen LogP contribution in [0.25, 0.3) is 0 Å². The third-order valence-corrected chi connectivity index (χ3v) is 7.48. The summed E-state index contributed by atoms with van der Waals surface area (Å²) in [6.07, 6.45) is 2.32. The van der Waals surface area contributed by atoms with E-state index in [-0.39, 0.29) is 41.5 Å². The molecule has 0 spiro atoms. The van der Waals surface area contributed by atoms with Crippen LogP contribution in [0.1, 0.15) is 37.2 Å². The highest BCUT2D eigenvalue weighted by atomic mass is 32.2. The minimum atomic E-state index is -3.73. The topological polar surface area (TPSA) is 118 Å². The fraction of sp³-hybridized carbons (Fsp3) is 0.684. The van der Waals surface area contributed by atoms with Gasteiger partial charge in [-0.1, -0.05) is 13.8 Å². The number of piperidine rings is 1. The minimum absolute atomic E-state index is 0.0229. The van der Waals surface area contributed by atoms with Crippen LogP contribution < -0.4 is 11.1 Å². The van der Waals surface area contributed by atoms with Crippen LogP contribution in [0.3, 0.4) is 0 Å². The van der Waals surface area contributed by atoms with Crippen molar-refractivity contribution in [1.29, 1.82) is 0 Å². The van der Waals surface area contributed by atoms with Gasteiger partial charge in [0.25, 0.3) is 5.91 Å². The average Bonchev–Trinajstić information content (AvgIpc) is 3.04. The molecule has 10 heteroatoms. The molecule has 1 saturated heterocycles. The summed E-state index contributed by atoms with van der Waals surface area (Å²) in [4.78, 5) is 26.1. The molecule has 29 heavy (non-hydrogen) atoms. The van der Waals surface area contributed by atoms with E-state index in [1.807, 2.05) is 14.1 Å². The average molecular weight is 428 g/mol. The van der Waals surface area contributed by atoms with E-state index in [9.17, 15) is 18.0 Å². The third-order valence-electron chi connectivity index (χ3n) is 5.61. The van der Waals surface area contributed by atoms with Crippen LogP contribution >= 0.6 is 0 Å². The molecule has 2 rings (SSSR count). The number of nitrogens with two attached hydrogens (primary N) is 1. The Bertz CT molecular complexity index is 831. The van der Waals surface area contributed by atoms with Crippen molar-refractivity contribution in [2.75, 3.05) is 33.7 Å². The molecule has 164 valence electrons. The molecule has 1 atom stereocenters. The van der Waals surface area contributed by atoms with E-state index in [1.165, 1.54) is 21.1 Å². The summed E-state index contributed by atoms with van der Waals surface area (Å²) in [5, 5.41) is 3.02. The second-order valence-electron chi connectivity index (χ2n) is 8.23. The molecule has 0 radical (unpaired) electrons. The van der Waals surface area contributed by atoms with Crippen LogP contribution in [-0.2, 0) is 21.9 Å². The van der Waals surface area contributed by atoms with Crippen molar-refractivity contribution in [3.63, 3.8) is 0 Å². The van der Waals surface area contributed by atoms with Crippen molar-refractivity contribution in [2.24, 2.45) is 24.6 Å². The lowest BCUT2D eigenvalue weighted by Crippen LogP contribution is -2.47. The van der Waals surface area contributed by atoms with Gasteiger partial charge in [0, 0.05) is 44.8 Å². The number of aromatic nitrogens is 1. The van der Waals surface area contributed by atoms with Gasteiger partial charge in [0.05, 0.1) is 0 Å². The van der Waals surface area contributed by atoms with E-state index >= 15 is 0 Å². The van der Waals surface area contributed by atoms with Crippen LogP contribution in [0.2, 0.25) is 0 Å². The standard InChI is InChI=1S/C19H33N5O4S/c1-13(2)17(22(3)4)11-21-19(26)14-6-8-24(9-7-14)29(27,28)15-10-16(18(20)25)23(5)12-15/h10,12-14,17H,6-9,11H2,1-5H3,(H2,20,25)(H,21,26)/t17-/m0/s1. The van der Waals surface area contributed by atoms with E-state index in [0.717, 1.165) is 0 Å². The maximum absolute atomic E-state index is 12.9. The first-order valence-electron chi connectivity index (χ1n) is 9.85. The fourth-order valence-electron chi connectivity index (χ4n) is 3.79. The fourth-order valence-corrected chi connectivity index (χ4v) is 5.33. The number of hydrogen-bond acceptors (Lipinski definition) is 5. The van der Waals surface area contributed by atoms with Gasteiger partial charge < -0.3 is 20.5 Å². The van der Waals surface area contributed by atoms with E-state index in [2.05, 4.69) is 24.1 Å². The van der Waals surface area contributed by atoms with E-state index in [0.29, 0.717) is 25.3 Å². The van der Waals surface area contributed by atoms with Gasteiger partial charge in [-0.2, -0.15) is 4.31 Å². The number of sulfonamides is 1. The van der Waals surface area contributed by atoms with Gasteiger partial charge in [-0.3, -0.25) is 9.59 Å². The van der Waals surface area contributed by atoms with Gasteiger partial charge in [0.1, 0.15) is 10.6 Å². The summed E-state index contributed by atoms with van der Waals surface area (Å²) in [6.45, 7) is 5.34. The zero-order valence-corrected chi connectivity index (χ0v) is 18.7. The molecular formula is C19H33N5O4S. The molecule has 0 saturated carbocycles. The molecule has 0 bridgehead atoms. The molecule has 1 aromatic heterocycles. The third kappa shape index (κ3) is 5.37. The minimum Gasteiger partial charge on any atom is -0.364 e. The van der Waals surface area contributed by atoms with Gasteiger partial charge in [-0.25, -0.2) is 8.42 Å². The molecule has 0 aromatic carbocycles. The van der Waals surface area contributed by atoms with Gasteiger partial charge in [-0.05, 0) is 38.9 Å². The smallest absolute Gasteiger partial charge is 0.265 e. The lowest BCUT2D eigenvalue weighted by molar-refractivity contribution is -0.126. The molecule has 0 aliphatic carbocycles. The maximum Gasteiger partial charge on any atom is 0.265 e. The lowest BCUT2D eigenvalue weighted by atomic mass is 9.96. The van der Waals surface area contributed by atoms with Crippen molar-refractivity contribution < 1.29 is 18.0 Å². The summed E-state index contributed by atoms with van der Waals surface area (Å²) < 4.78 is 28.5. The SMILES string of the molecule is CC(C)[C@H](CNC(=O)C1CCN(S(=O)(=O)c2cc(C(N)=O)n(C)c2)CC1)N(C)C. The van der Waals surface area contributed by atoms with Crippen LogP contribution in [0.5, 0.6) is 0 Å². The van der Waals surface area contributed by atoms with E-state index in [4.69, 9.17) is 5.73 Å². The number of rotatable bonds is 8. The number of primary amides is 1. The molecule has 2 heterocycles. The Hall–Kier alpha value is -1.91. The molecule has 3 N–H and O–H groups in total. The van der Waals surface area contributed by atoms with Crippen molar-refractivity contribution in [2.45, 2.75) is 37.6 Å². The number of nitrogens with zero attached hydrogens (tertiary/aromatic N) is 3. The highest BCUT2D eigenvalue weighted by Crippen LogP contribution is 2.25. The summed E-state index contributed by atoms with van der Waals surface area (Å²) >= 11 is 0. The van der Waals surface area contributed by atoms with E-state index in [1.54, 1.807) is 7.05 Å². The lowest BCUT2D eigenvalue weighted by Gasteiger charge is -2.32. The second-order valence-corrected chi connectivity index (χ2v) is 10.2. The molecule has 9 nitrogen and oxygen atoms in total. The molecule has 1 aliphatic rings. The van der Waals surface area contributed by atoms with Crippen LogP contribution in [0, 0.1) is 11.8 Å². The van der Waals surface area contributed by atoms with Crippen molar-refractivity contribution in [3.8, 4) is 0 Å². The van der Waals surface area contributed by atoms with Crippen molar-refractivity contribution in [1.82, 2.24) is 19.1 Å². The number of carbonyl (C=O) groups is 2. The molecular weight excluding hydrogens is 394 g/mol. The summed E-state index contributed by atoms with van der Waals surface area (Å²) in [5.74, 6) is -0.492. The summed E-state index contributed by atoms with van der Waals surface area (Å²) in [5.41, 5.74) is 5.41. The first kappa shape index (κ1) is 23.4. The summed E-state index contributed by atoms with van der Waals surface area (Å²) in [6, 6.07) is 1.54. The number of carbonyl (C=O) groups excluding carboxylic acids is 2. The Morgan fingerprint density at radius 2 is 1.86 bits per heavy atom. The Morgan fingerprint density at radius 1 is 1.28 bits per heavy atom. The zero-order chi connectivity index (χ0) is 21.9. The Kier molecular flexibility index (Phi) is 7.47. The molecule has 1 aromatic rings. The highest BCUT2D eigenvalue weighted by molar-refractivity contribution is 7.89. The Morgan fingerprint density at radius 3 is 2.31 bits per heavy atom. The van der Waals surface area contributed by atoms with E-state index < -0.39 is 15.9 Å². The molecule has 1 aliphatic heterocycles. The first-order valence-corrected chi connectivity index (χ1v) is 11.3. The van der Waals surface area contributed by atoms with Gasteiger partial charge >= 0.3 is 0 Å². The number of nitrogens with one attached hydrogen (secondary N) is 1. The Balaban J connectivity index is 1.96. The van der Waals surface area contributed by atoms with Crippen LogP contribution in [0.15, 0.2) is 17.2 Å². The van der Waals surface area contributed by atoms with Crippen LogP contribution in [-0.4, -0.2) is 73.8 Å².